The first-order valence-corrected chi connectivity index (χ1v) is 18.0. The molecule has 53 heavy (non-hydrogen) atoms. The second-order valence-electron chi connectivity index (χ2n) is 13.6. The number of phenols is 3. The predicted octanol–water partition coefficient (Wildman–Crippen LogP) is 7.83. The molecule has 8 heteroatoms. The highest BCUT2D eigenvalue weighted by Crippen LogP contribution is 2.39. The van der Waals surface area contributed by atoms with Gasteiger partial charge in [-0.2, -0.15) is 12.4 Å². The molecule has 0 fully saturated rings. The SMILES string of the molecule is CCc1ccc2ccccc2c1Cc1c(CC(Cc2cc[n-]c2)C(O)CC(=O)C(Cc2ccc(O)c(OC)c2)c2cccc(O)c2)ccc(O)c1OC. The van der Waals surface area contributed by atoms with Crippen LogP contribution in [0.25, 0.3) is 10.8 Å². The summed E-state index contributed by atoms with van der Waals surface area (Å²) in [4.78, 5) is 18.6. The average Bonchev–Trinajstić information content (AvgIpc) is 3.68. The highest BCUT2D eigenvalue weighted by Gasteiger charge is 2.30. The second-order valence-corrected chi connectivity index (χ2v) is 13.6. The molecule has 0 radical (unpaired) electrons. The summed E-state index contributed by atoms with van der Waals surface area (Å²) in [5.74, 6) is -0.508. The monoisotopic (exact) mass is 712 g/mol. The van der Waals surface area contributed by atoms with Crippen LogP contribution in [0.1, 0.15) is 58.2 Å². The van der Waals surface area contributed by atoms with Gasteiger partial charge in [-0.05, 0) is 101 Å². The maximum absolute atomic E-state index is 14.3. The Kier molecular flexibility index (Phi) is 11.7. The lowest BCUT2D eigenvalue weighted by atomic mass is 9.80. The molecule has 8 nitrogen and oxygen atoms in total. The Balaban J connectivity index is 1.35. The van der Waals surface area contributed by atoms with Gasteiger partial charge in [0.05, 0.1) is 20.3 Å². The minimum absolute atomic E-state index is 0.00616. The van der Waals surface area contributed by atoms with Gasteiger partial charge in [-0.3, -0.25) is 4.79 Å². The van der Waals surface area contributed by atoms with E-state index in [1.807, 2.05) is 24.3 Å². The summed E-state index contributed by atoms with van der Waals surface area (Å²) in [5.41, 5.74) is 6.43. The lowest BCUT2D eigenvalue weighted by Gasteiger charge is -2.27. The van der Waals surface area contributed by atoms with Gasteiger partial charge in [0.15, 0.2) is 23.0 Å². The zero-order valence-corrected chi connectivity index (χ0v) is 30.3. The summed E-state index contributed by atoms with van der Waals surface area (Å²) in [5, 5.41) is 45.8. The Bertz CT molecular complexity index is 2170. The van der Waals surface area contributed by atoms with E-state index in [2.05, 4.69) is 36.2 Å². The van der Waals surface area contributed by atoms with Crippen molar-refractivity contribution < 1.29 is 34.7 Å². The van der Waals surface area contributed by atoms with E-state index in [0.29, 0.717) is 36.3 Å². The quantitative estimate of drug-likeness (QED) is 0.0799. The fraction of sp³-hybridized carbons (Fsp3) is 0.267. The van der Waals surface area contributed by atoms with E-state index in [1.165, 1.54) is 18.7 Å². The number of aryl methyl sites for hydroxylation is 1. The van der Waals surface area contributed by atoms with Crippen LogP contribution in [-0.2, 0) is 36.9 Å². The molecule has 4 N–H and O–H groups in total. The van der Waals surface area contributed by atoms with Crippen molar-refractivity contribution in [3.8, 4) is 28.7 Å². The van der Waals surface area contributed by atoms with Crippen LogP contribution in [0.4, 0.5) is 0 Å². The molecule has 0 amide bonds. The molecule has 1 heterocycles. The number of fused-ring (bicyclic) bond motifs is 1. The Morgan fingerprint density at radius 2 is 1.55 bits per heavy atom. The van der Waals surface area contributed by atoms with Gasteiger partial charge in [-0.15, -0.1) is 0 Å². The Morgan fingerprint density at radius 1 is 0.755 bits per heavy atom. The van der Waals surface area contributed by atoms with Gasteiger partial charge in [-0.1, -0.05) is 79.2 Å². The van der Waals surface area contributed by atoms with E-state index in [4.69, 9.17) is 9.47 Å². The van der Waals surface area contributed by atoms with Gasteiger partial charge < -0.3 is 34.9 Å². The zero-order valence-electron chi connectivity index (χ0n) is 30.3. The van der Waals surface area contributed by atoms with Gasteiger partial charge >= 0.3 is 0 Å². The smallest absolute Gasteiger partial charge is 0.164 e. The third kappa shape index (κ3) is 8.50. The normalized spacial score (nSPS) is 13.1. The molecule has 0 saturated heterocycles. The van der Waals surface area contributed by atoms with E-state index >= 15 is 0 Å². The molecular weight excluding hydrogens is 666 g/mol. The number of aromatic nitrogens is 1. The predicted molar refractivity (Wildman–Crippen MR) is 206 cm³/mol. The van der Waals surface area contributed by atoms with Gasteiger partial charge in [0.1, 0.15) is 11.5 Å². The molecule has 3 unspecified atom stereocenters. The third-order valence-electron chi connectivity index (χ3n) is 10.3. The van der Waals surface area contributed by atoms with Crippen LogP contribution in [0.2, 0.25) is 0 Å². The van der Waals surface area contributed by atoms with Crippen LogP contribution in [-0.4, -0.2) is 46.5 Å². The lowest BCUT2D eigenvalue weighted by Crippen LogP contribution is -2.30. The number of carbonyl (C=O) groups excluding carboxylic acids is 1. The topological polar surface area (TPSA) is 131 Å². The summed E-state index contributed by atoms with van der Waals surface area (Å²) < 4.78 is 11.2. The zero-order chi connectivity index (χ0) is 37.5. The molecule has 1 aromatic heterocycles. The molecule has 274 valence electrons. The Morgan fingerprint density at radius 3 is 2.28 bits per heavy atom. The van der Waals surface area contributed by atoms with E-state index in [0.717, 1.165) is 45.0 Å². The van der Waals surface area contributed by atoms with Crippen molar-refractivity contribution >= 4 is 16.6 Å². The van der Waals surface area contributed by atoms with Crippen molar-refractivity contribution in [3.05, 3.63) is 148 Å². The van der Waals surface area contributed by atoms with Crippen molar-refractivity contribution in [2.75, 3.05) is 14.2 Å². The third-order valence-corrected chi connectivity index (χ3v) is 10.3. The second kappa shape index (κ2) is 16.7. The van der Waals surface area contributed by atoms with E-state index in [9.17, 15) is 25.2 Å². The summed E-state index contributed by atoms with van der Waals surface area (Å²) in [7, 11) is 3.02. The van der Waals surface area contributed by atoms with Gasteiger partial charge in [0.2, 0.25) is 0 Å². The van der Waals surface area contributed by atoms with Gasteiger partial charge in [0, 0.05) is 24.3 Å². The largest absolute Gasteiger partial charge is 0.670 e. The van der Waals surface area contributed by atoms with Crippen LogP contribution < -0.4 is 14.5 Å². The van der Waals surface area contributed by atoms with E-state index < -0.39 is 17.9 Å². The summed E-state index contributed by atoms with van der Waals surface area (Å²) in [6, 6.07) is 29.6. The number of nitrogens with zero attached hydrogens (tertiary/aromatic N) is 1. The number of ketones is 1. The number of rotatable bonds is 16. The number of phenolic OH excluding ortho intramolecular Hbond substituents is 3. The number of methoxy groups -OCH3 is 2. The number of aliphatic hydroxyl groups excluding tert-OH is 1. The minimum Gasteiger partial charge on any atom is -0.670 e. The first-order valence-electron chi connectivity index (χ1n) is 18.0. The molecule has 3 atom stereocenters. The molecule has 5 aromatic carbocycles. The summed E-state index contributed by atoms with van der Waals surface area (Å²) in [6.45, 7) is 2.13. The van der Waals surface area contributed by atoms with Crippen LogP contribution in [0.15, 0.2) is 109 Å². The maximum Gasteiger partial charge on any atom is 0.164 e. The number of carbonyl (C=O) groups is 1. The van der Waals surface area contributed by atoms with Crippen molar-refractivity contribution in [2.24, 2.45) is 5.92 Å². The van der Waals surface area contributed by atoms with Crippen molar-refractivity contribution in [1.82, 2.24) is 4.98 Å². The molecule has 0 aliphatic carbocycles. The molecule has 0 spiro atoms. The van der Waals surface area contributed by atoms with Crippen LogP contribution in [0.3, 0.4) is 0 Å². The molecular formula is C45H46NO7-. The Labute approximate surface area is 310 Å². The first kappa shape index (κ1) is 37.0. The fourth-order valence-corrected chi connectivity index (χ4v) is 7.50. The number of Topliss-reactive ketones (excluding diaryl/α,β-unsaturated/α-hetero) is 1. The van der Waals surface area contributed by atoms with Crippen LogP contribution in [0, 0.1) is 5.92 Å². The molecule has 6 aromatic rings. The van der Waals surface area contributed by atoms with Gasteiger partial charge in [-0.25, -0.2) is 0 Å². The van der Waals surface area contributed by atoms with Crippen LogP contribution in [0.5, 0.6) is 28.7 Å². The van der Waals surface area contributed by atoms with Crippen LogP contribution >= 0.6 is 0 Å². The lowest BCUT2D eigenvalue weighted by molar-refractivity contribution is -0.123. The van der Waals surface area contributed by atoms with E-state index in [1.54, 1.807) is 62.0 Å². The average molecular weight is 713 g/mol. The highest BCUT2D eigenvalue weighted by molar-refractivity contribution is 5.88. The molecule has 0 bridgehead atoms. The fourth-order valence-electron chi connectivity index (χ4n) is 7.50. The molecule has 0 aliphatic rings. The number of hydrogen-bond acceptors (Lipinski definition) is 7. The van der Waals surface area contributed by atoms with Crippen molar-refractivity contribution in [1.29, 1.82) is 0 Å². The Hall–Kier alpha value is -5.73. The number of hydrogen-bond donors (Lipinski definition) is 4. The standard InChI is InChI=1S/C45H46NO7/c1-4-30-13-14-31-8-5-6-11-36(31)37(30)25-39-33(15-17-41(49)45(39)53-3)23-34(20-29-18-19-46-27-29)42(50)26-43(51)38(32-9-7-10-35(47)24-32)21-28-12-16-40(48)44(22-28)52-2/h5-19,22,24,27,34,38,42,47-50H,4,20-21,23,25-26H2,1-3H3/q-1. The molecule has 0 saturated carbocycles. The van der Waals surface area contributed by atoms with Crippen molar-refractivity contribution in [3.63, 3.8) is 0 Å². The van der Waals surface area contributed by atoms with Gasteiger partial charge in [0.25, 0.3) is 0 Å². The minimum atomic E-state index is -1.04. The molecule has 6 rings (SSSR count). The number of aromatic hydroxyl groups is 3. The van der Waals surface area contributed by atoms with Crippen molar-refractivity contribution in [2.45, 2.75) is 57.5 Å². The summed E-state index contributed by atoms with van der Waals surface area (Å²) in [6.07, 6.45) is 4.81. The first-order chi connectivity index (χ1) is 25.7. The summed E-state index contributed by atoms with van der Waals surface area (Å²) >= 11 is 0. The maximum atomic E-state index is 14.3. The number of ether oxygens (including phenoxy) is 2. The number of aliphatic hydroxyl groups is 1. The highest BCUT2D eigenvalue weighted by atomic mass is 16.5. The van der Waals surface area contributed by atoms with E-state index in [-0.39, 0.29) is 35.9 Å². The molecule has 0 aliphatic heterocycles. The number of benzene rings is 5.